The quantitative estimate of drug-likeness (QED) is 0.670. The van der Waals surface area contributed by atoms with E-state index in [2.05, 4.69) is 12.2 Å². The van der Waals surface area contributed by atoms with E-state index < -0.39 is 0 Å². The van der Waals surface area contributed by atoms with E-state index in [0.29, 0.717) is 5.56 Å². The maximum Gasteiger partial charge on any atom is 0.124 e. The Hall–Kier alpha value is -2.74. The van der Waals surface area contributed by atoms with Gasteiger partial charge >= 0.3 is 0 Å². The Morgan fingerprint density at radius 3 is 2.45 bits per heavy atom. The number of fused-ring (bicyclic) bond motifs is 2. The molecule has 0 amide bonds. The van der Waals surface area contributed by atoms with Crippen molar-refractivity contribution >= 4 is 16.8 Å². The van der Waals surface area contributed by atoms with Crippen molar-refractivity contribution in [3.8, 4) is 22.6 Å². The second-order valence-corrected chi connectivity index (χ2v) is 5.65. The Morgan fingerprint density at radius 2 is 1.55 bits per heavy atom. The smallest absolute Gasteiger partial charge is 0.124 e. The molecule has 0 bridgehead atoms. The number of aromatic hydroxyl groups is 2. The van der Waals surface area contributed by atoms with Crippen molar-refractivity contribution in [1.82, 2.24) is 0 Å². The normalized spacial score (nSPS) is 13.3. The molecule has 0 atom stereocenters. The van der Waals surface area contributed by atoms with E-state index in [0.717, 1.165) is 34.7 Å². The summed E-state index contributed by atoms with van der Waals surface area (Å²) in [7, 11) is 0. The lowest BCUT2D eigenvalue weighted by molar-refractivity contribution is 0.469. The number of aryl methyl sites for hydroxylation is 1. The summed E-state index contributed by atoms with van der Waals surface area (Å²) in [4.78, 5) is 0. The topological polar surface area (TPSA) is 40.5 Å². The summed E-state index contributed by atoms with van der Waals surface area (Å²) in [6.45, 7) is 0. The van der Waals surface area contributed by atoms with Crippen LogP contribution in [-0.2, 0) is 6.42 Å². The molecule has 0 saturated carbocycles. The molecule has 0 aromatic heterocycles. The van der Waals surface area contributed by atoms with Gasteiger partial charge in [-0.15, -0.1) is 0 Å². The molecule has 0 aliphatic heterocycles. The largest absolute Gasteiger partial charge is 0.507 e. The van der Waals surface area contributed by atoms with Crippen LogP contribution in [0.3, 0.4) is 0 Å². The molecule has 0 spiro atoms. The minimum Gasteiger partial charge on any atom is -0.507 e. The van der Waals surface area contributed by atoms with Gasteiger partial charge in [-0.3, -0.25) is 0 Å². The van der Waals surface area contributed by atoms with Gasteiger partial charge in [0.05, 0.1) is 0 Å². The first-order valence-corrected chi connectivity index (χ1v) is 7.48. The lowest BCUT2D eigenvalue weighted by Gasteiger charge is -2.18. The molecule has 0 heterocycles. The summed E-state index contributed by atoms with van der Waals surface area (Å²) in [6, 6.07) is 15.2. The van der Waals surface area contributed by atoms with Crippen molar-refractivity contribution in [3.05, 3.63) is 65.7 Å². The Balaban J connectivity index is 2.13. The highest BCUT2D eigenvalue weighted by molar-refractivity contribution is 6.03. The van der Waals surface area contributed by atoms with Crippen molar-refractivity contribution in [2.45, 2.75) is 12.8 Å². The summed E-state index contributed by atoms with van der Waals surface area (Å²) in [5.41, 5.74) is 3.65. The van der Waals surface area contributed by atoms with Gasteiger partial charge in [-0.2, -0.15) is 0 Å². The average molecular weight is 288 g/mol. The highest BCUT2D eigenvalue weighted by Gasteiger charge is 2.19. The third-order valence-electron chi connectivity index (χ3n) is 4.34. The molecule has 2 heteroatoms. The van der Waals surface area contributed by atoms with Gasteiger partial charge in [0, 0.05) is 11.1 Å². The van der Waals surface area contributed by atoms with Gasteiger partial charge in [0.25, 0.3) is 0 Å². The SMILES string of the molecule is Oc1ccc2c(c1-c1c(O)ccc3ccccc13)C=CCC2. The average Bonchev–Trinajstić information content (AvgIpc) is 2.56. The monoisotopic (exact) mass is 288 g/mol. The van der Waals surface area contributed by atoms with E-state index in [1.54, 1.807) is 12.1 Å². The fourth-order valence-corrected chi connectivity index (χ4v) is 3.29. The van der Waals surface area contributed by atoms with Gasteiger partial charge in [0.2, 0.25) is 0 Å². The summed E-state index contributed by atoms with van der Waals surface area (Å²) < 4.78 is 0. The molecule has 2 N–H and O–H groups in total. The Kier molecular flexibility index (Phi) is 2.90. The molecule has 22 heavy (non-hydrogen) atoms. The molecule has 1 aliphatic carbocycles. The van der Waals surface area contributed by atoms with Crippen molar-refractivity contribution in [1.29, 1.82) is 0 Å². The van der Waals surface area contributed by atoms with Crippen LogP contribution < -0.4 is 0 Å². The van der Waals surface area contributed by atoms with Crippen molar-refractivity contribution in [2.75, 3.05) is 0 Å². The second-order valence-electron chi connectivity index (χ2n) is 5.65. The van der Waals surface area contributed by atoms with Gasteiger partial charge in [0.1, 0.15) is 11.5 Å². The number of hydrogen-bond donors (Lipinski definition) is 2. The summed E-state index contributed by atoms with van der Waals surface area (Å²) in [5, 5.41) is 22.9. The van der Waals surface area contributed by atoms with E-state index >= 15 is 0 Å². The van der Waals surface area contributed by atoms with Crippen LogP contribution in [0.15, 0.2) is 54.6 Å². The molecule has 0 unspecified atom stereocenters. The second kappa shape index (κ2) is 4.92. The third kappa shape index (κ3) is 1.88. The fraction of sp³-hybridized carbons (Fsp3) is 0.100. The predicted molar refractivity (Wildman–Crippen MR) is 90.1 cm³/mol. The lowest BCUT2D eigenvalue weighted by Crippen LogP contribution is -1.97. The van der Waals surface area contributed by atoms with Crippen LogP contribution in [0.5, 0.6) is 11.5 Å². The van der Waals surface area contributed by atoms with Crippen molar-refractivity contribution in [2.24, 2.45) is 0 Å². The molecular formula is C20H16O2. The Bertz CT molecular complexity index is 907. The van der Waals surface area contributed by atoms with Crippen LogP contribution in [0.4, 0.5) is 0 Å². The Morgan fingerprint density at radius 1 is 0.773 bits per heavy atom. The molecule has 0 saturated heterocycles. The first-order valence-electron chi connectivity index (χ1n) is 7.48. The third-order valence-corrected chi connectivity index (χ3v) is 4.34. The molecule has 4 rings (SSSR count). The molecule has 1 aliphatic rings. The van der Waals surface area contributed by atoms with E-state index in [9.17, 15) is 10.2 Å². The van der Waals surface area contributed by atoms with Crippen LogP contribution in [0.1, 0.15) is 17.5 Å². The minimum absolute atomic E-state index is 0.196. The highest BCUT2D eigenvalue weighted by Crippen LogP contribution is 2.44. The predicted octanol–water partition coefficient (Wildman–Crippen LogP) is 4.88. The van der Waals surface area contributed by atoms with Crippen LogP contribution in [0.25, 0.3) is 28.0 Å². The standard InChI is InChI=1S/C20H16O2/c21-17-11-9-13-5-1-3-7-15(13)19(17)20-16-8-4-2-6-14(16)10-12-18(20)22/h1,3-5,7-12,21-22H,2,6H2. The number of benzene rings is 3. The number of hydrogen-bond acceptors (Lipinski definition) is 2. The first kappa shape index (κ1) is 13.0. The van der Waals surface area contributed by atoms with Crippen LogP contribution >= 0.6 is 0 Å². The fourth-order valence-electron chi connectivity index (χ4n) is 3.29. The first-order chi connectivity index (χ1) is 10.8. The molecule has 108 valence electrons. The zero-order valence-corrected chi connectivity index (χ0v) is 12.1. The van der Waals surface area contributed by atoms with Crippen molar-refractivity contribution in [3.63, 3.8) is 0 Å². The van der Waals surface area contributed by atoms with Gasteiger partial charge in [-0.25, -0.2) is 0 Å². The summed E-state index contributed by atoms with van der Waals surface area (Å²) in [6.07, 6.45) is 6.14. The van der Waals surface area contributed by atoms with Gasteiger partial charge in [0.15, 0.2) is 0 Å². The minimum atomic E-state index is 0.196. The number of rotatable bonds is 1. The van der Waals surface area contributed by atoms with Gasteiger partial charge in [-0.1, -0.05) is 48.6 Å². The molecular weight excluding hydrogens is 272 g/mol. The van der Waals surface area contributed by atoms with Crippen molar-refractivity contribution < 1.29 is 10.2 Å². The molecule has 0 radical (unpaired) electrons. The van der Waals surface area contributed by atoms with Crippen LogP contribution in [-0.4, -0.2) is 10.2 Å². The maximum atomic E-state index is 10.5. The number of phenolic OH excluding ortho intramolecular Hbond substituents is 2. The lowest BCUT2D eigenvalue weighted by atomic mass is 9.87. The highest BCUT2D eigenvalue weighted by atomic mass is 16.3. The molecule has 3 aromatic rings. The zero-order chi connectivity index (χ0) is 15.1. The molecule has 2 nitrogen and oxygen atoms in total. The van der Waals surface area contributed by atoms with Crippen LogP contribution in [0, 0.1) is 0 Å². The zero-order valence-electron chi connectivity index (χ0n) is 12.1. The van der Waals surface area contributed by atoms with E-state index in [1.807, 2.05) is 36.4 Å². The van der Waals surface area contributed by atoms with E-state index in [-0.39, 0.29) is 11.5 Å². The Labute approximate surface area is 129 Å². The maximum absolute atomic E-state index is 10.5. The summed E-state index contributed by atoms with van der Waals surface area (Å²) >= 11 is 0. The van der Waals surface area contributed by atoms with Crippen LogP contribution in [0.2, 0.25) is 0 Å². The van der Waals surface area contributed by atoms with E-state index in [4.69, 9.17) is 0 Å². The van der Waals surface area contributed by atoms with Gasteiger partial charge < -0.3 is 10.2 Å². The molecule has 3 aromatic carbocycles. The number of phenols is 2. The number of allylic oxidation sites excluding steroid dienone is 1. The van der Waals surface area contributed by atoms with Gasteiger partial charge in [-0.05, 0) is 46.9 Å². The molecule has 0 fully saturated rings. The van der Waals surface area contributed by atoms with E-state index in [1.165, 1.54) is 5.56 Å². The summed E-state index contributed by atoms with van der Waals surface area (Å²) in [5.74, 6) is 0.401.